The van der Waals surface area contributed by atoms with Crippen molar-refractivity contribution in [3.8, 4) is 5.75 Å². The van der Waals surface area contributed by atoms with Crippen molar-refractivity contribution >= 4 is 11.6 Å². The van der Waals surface area contributed by atoms with Gasteiger partial charge in [0.25, 0.3) is 0 Å². The fraction of sp³-hybridized carbons (Fsp3) is 0.667. The van der Waals surface area contributed by atoms with Gasteiger partial charge in [0.05, 0.1) is 7.11 Å². The summed E-state index contributed by atoms with van der Waals surface area (Å²) in [5, 5.41) is 4.32. The molecule has 1 aliphatic carbocycles. The Balaban J connectivity index is 2.38. The van der Waals surface area contributed by atoms with Crippen LogP contribution in [0.1, 0.15) is 45.6 Å². The molecule has 0 bridgehead atoms. The zero-order valence-corrected chi connectivity index (χ0v) is 14.6. The molecule has 3 heteroatoms. The van der Waals surface area contributed by atoms with E-state index in [1.807, 2.05) is 12.1 Å². The summed E-state index contributed by atoms with van der Waals surface area (Å²) in [6.07, 6.45) is 3.79. The molecule has 2 rings (SSSR count). The van der Waals surface area contributed by atoms with Gasteiger partial charge in [-0.05, 0) is 55.3 Å². The SMILES string of the molecule is CNC1CC(C)CCC1C(C)(C)c1cc(Cl)ccc1OC. The number of hydrogen-bond acceptors (Lipinski definition) is 2. The molecule has 0 saturated heterocycles. The minimum Gasteiger partial charge on any atom is -0.496 e. The molecule has 2 nitrogen and oxygen atoms in total. The summed E-state index contributed by atoms with van der Waals surface area (Å²) in [5.74, 6) is 2.33. The highest BCUT2D eigenvalue weighted by Crippen LogP contribution is 2.45. The second-order valence-electron chi connectivity index (χ2n) is 6.99. The monoisotopic (exact) mass is 309 g/mol. The summed E-state index contributed by atoms with van der Waals surface area (Å²) >= 11 is 6.24. The van der Waals surface area contributed by atoms with Crippen LogP contribution in [0.2, 0.25) is 5.02 Å². The topological polar surface area (TPSA) is 21.3 Å². The number of nitrogens with one attached hydrogen (secondary N) is 1. The maximum atomic E-state index is 6.24. The average molecular weight is 310 g/mol. The van der Waals surface area contributed by atoms with E-state index in [9.17, 15) is 0 Å². The Morgan fingerprint density at radius 1 is 1.29 bits per heavy atom. The lowest BCUT2D eigenvalue weighted by atomic mass is 9.63. The Hall–Kier alpha value is -0.730. The molecular formula is C18H28ClNO. The number of hydrogen-bond donors (Lipinski definition) is 1. The van der Waals surface area contributed by atoms with E-state index in [4.69, 9.17) is 16.3 Å². The largest absolute Gasteiger partial charge is 0.496 e. The minimum atomic E-state index is 0.0318. The van der Waals surface area contributed by atoms with E-state index >= 15 is 0 Å². The number of methoxy groups -OCH3 is 1. The highest BCUT2D eigenvalue weighted by molar-refractivity contribution is 6.30. The van der Waals surface area contributed by atoms with E-state index in [2.05, 4.69) is 39.2 Å². The second kappa shape index (κ2) is 6.58. The van der Waals surface area contributed by atoms with E-state index in [-0.39, 0.29) is 5.41 Å². The number of ether oxygens (including phenoxy) is 1. The van der Waals surface area contributed by atoms with Gasteiger partial charge in [0.1, 0.15) is 5.75 Å². The Kier molecular flexibility index (Phi) is 5.21. The molecule has 1 aromatic rings. The van der Waals surface area contributed by atoms with Crippen molar-refractivity contribution in [2.45, 2.75) is 51.5 Å². The number of halogens is 1. The van der Waals surface area contributed by atoms with Gasteiger partial charge in [0.2, 0.25) is 0 Å². The van der Waals surface area contributed by atoms with Gasteiger partial charge in [0, 0.05) is 16.6 Å². The van der Waals surface area contributed by atoms with Crippen molar-refractivity contribution in [3.05, 3.63) is 28.8 Å². The molecule has 1 N–H and O–H groups in total. The van der Waals surface area contributed by atoms with Crippen LogP contribution in [0, 0.1) is 11.8 Å². The molecule has 0 radical (unpaired) electrons. The molecule has 3 unspecified atom stereocenters. The smallest absolute Gasteiger partial charge is 0.122 e. The molecule has 0 amide bonds. The first-order valence-electron chi connectivity index (χ1n) is 7.91. The summed E-state index contributed by atoms with van der Waals surface area (Å²) in [5.41, 5.74) is 1.25. The van der Waals surface area contributed by atoms with E-state index in [0.717, 1.165) is 16.7 Å². The summed E-state index contributed by atoms with van der Waals surface area (Å²) in [6, 6.07) is 6.51. The Labute approximate surface area is 134 Å². The third-order valence-corrected chi connectivity index (χ3v) is 5.50. The Morgan fingerprint density at radius 2 is 2.00 bits per heavy atom. The normalized spacial score (nSPS) is 26.7. The van der Waals surface area contributed by atoms with Crippen LogP contribution >= 0.6 is 11.6 Å². The molecule has 118 valence electrons. The number of rotatable bonds is 4. The van der Waals surface area contributed by atoms with Crippen molar-refractivity contribution < 1.29 is 4.74 Å². The van der Waals surface area contributed by atoms with Crippen molar-refractivity contribution in [2.75, 3.05) is 14.2 Å². The van der Waals surface area contributed by atoms with Gasteiger partial charge >= 0.3 is 0 Å². The van der Waals surface area contributed by atoms with Crippen LogP contribution in [-0.2, 0) is 5.41 Å². The Morgan fingerprint density at radius 3 is 2.62 bits per heavy atom. The first kappa shape index (κ1) is 16.6. The molecule has 21 heavy (non-hydrogen) atoms. The standard InChI is InChI=1S/C18H28ClNO/c1-12-6-8-14(16(10-12)20-4)18(2,3)15-11-13(19)7-9-17(15)21-5/h7,9,11-12,14,16,20H,6,8,10H2,1-5H3. The van der Waals surface area contributed by atoms with Gasteiger partial charge < -0.3 is 10.1 Å². The molecule has 1 aliphatic rings. The minimum absolute atomic E-state index is 0.0318. The highest BCUT2D eigenvalue weighted by Gasteiger charge is 2.40. The molecule has 0 aliphatic heterocycles. The third-order valence-electron chi connectivity index (χ3n) is 5.27. The zero-order valence-electron chi connectivity index (χ0n) is 13.9. The van der Waals surface area contributed by atoms with Crippen LogP contribution in [0.15, 0.2) is 18.2 Å². The average Bonchev–Trinajstić information content (AvgIpc) is 2.46. The second-order valence-corrected chi connectivity index (χ2v) is 7.42. The zero-order chi connectivity index (χ0) is 15.6. The van der Waals surface area contributed by atoms with Crippen molar-refractivity contribution in [2.24, 2.45) is 11.8 Å². The molecule has 1 saturated carbocycles. The summed E-state index contributed by atoms with van der Waals surface area (Å²) < 4.78 is 5.59. The predicted molar refractivity (Wildman–Crippen MR) is 90.4 cm³/mol. The van der Waals surface area contributed by atoms with Crippen LogP contribution < -0.4 is 10.1 Å². The van der Waals surface area contributed by atoms with Gasteiger partial charge in [-0.25, -0.2) is 0 Å². The highest BCUT2D eigenvalue weighted by atomic mass is 35.5. The lowest BCUT2D eigenvalue weighted by molar-refractivity contribution is 0.149. The van der Waals surface area contributed by atoms with Gasteiger partial charge in [-0.1, -0.05) is 38.8 Å². The van der Waals surface area contributed by atoms with Crippen molar-refractivity contribution in [1.29, 1.82) is 0 Å². The predicted octanol–water partition coefficient (Wildman–Crippen LogP) is 4.65. The number of benzene rings is 1. The first-order chi connectivity index (χ1) is 9.90. The first-order valence-corrected chi connectivity index (χ1v) is 8.29. The maximum absolute atomic E-state index is 6.24. The summed E-state index contributed by atoms with van der Waals surface area (Å²) in [6.45, 7) is 7.01. The molecule has 1 aromatic carbocycles. The maximum Gasteiger partial charge on any atom is 0.122 e. The molecule has 1 fully saturated rings. The fourth-order valence-electron chi connectivity index (χ4n) is 3.95. The van der Waals surface area contributed by atoms with E-state index in [1.165, 1.54) is 24.8 Å². The summed E-state index contributed by atoms with van der Waals surface area (Å²) in [4.78, 5) is 0. The molecule has 0 spiro atoms. The van der Waals surface area contributed by atoms with Gasteiger partial charge in [0.15, 0.2) is 0 Å². The Bertz CT molecular complexity index is 486. The van der Waals surface area contributed by atoms with Gasteiger partial charge in [-0.15, -0.1) is 0 Å². The molecule has 0 heterocycles. The third kappa shape index (κ3) is 3.37. The molecular weight excluding hydrogens is 282 g/mol. The van der Waals surface area contributed by atoms with Crippen LogP contribution in [0.4, 0.5) is 0 Å². The van der Waals surface area contributed by atoms with Gasteiger partial charge in [-0.3, -0.25) is 0 Å². The quantitative estimate of drug-likeness (QED) is 0.874. The van der Waals surface area contributed by atoms with Crippen LogP contribution in [0.25, 0.3) is 0 Å². The van der Waals surface area contributed by atoms with E-state index in [0.29, 0.717) is 12.0 Å². The molecule has 3 atom stereocenters. The van der Waals surface area contributed by atoms with Crippen molar-refractivity contribution in [1.82, 2.24) is 5.32 Å². The fourth-order valence-corrected chi connectivity index (χ4v) is 4.12. The van der Waals surface area contributed by atoms with Crippen LogP contribution in [0.3, 0.4) is 0 Å². The van der Waals surface area contributed by atoms with Crippen LogP contribution in [-0.4, -0.2) is 20.2 Å². The van der Waals surface area contributed by atoms with Crippen LogP contribution in [0.5, 0.6) is 5.75 Å². The summed E-state index contributed by atoms with van der Waals surface area (Å²) in [7, 11) is 3.82. The van der Waals surface area contributed by atoms with Gasteiger partial charge in [-0.2, -0.15) is 0 Å². The lowest BCUT2D eigenvalue weighted by Gasteiger charge is -2.45. The van der Waals surface area contributed by atoms with E-state index < -0.39 is 0 Å². The molecule has 0 aromatic heterocycles. The van der Waals surface area contributed by atoms with E-state index in [1.54, 1.807) is 7.11 Å². The van der Waals surface area contributed by atoms with Crippen molar-refractivity contribution in [3.63, 3.8) is 0 Å². The lowest BCUT2D eigenvalue weighted by Crippen LogP contribution is -2.47.